The molecule has 1 aromatic carbocycles. The fraction of sp³-hybridized carbons (Fsp3) is 0.400. The summed E-state index contributed by atoms with van der Waals surface area (Å²) in [4.78, 5) is 24.4. The van der Waals surface area contributed by atoms with E-state index in [9.17, 15) is 14.7 Å². The van der Waals surface area contributed by atoms with Crippen molar-refractivity contribution in [2.45, 2.75) is 36.9 Å². The second kappa shape index (κ2) is 6.70. The average Bonchev–Trinajstić information content (AvgIpc) is 2.88. The van der Waals surface area contributed by atoms with Crippen LogP contribution in [0.15, 0.2) is 53.5 Å². The van der Waals surface area contributed by atoms with Gasteiger partial charge in [-0.2, -0.15) is 0 Å². The molecule has 1 spiro atoms. The summed E-state index contributed by atoms with van der Waals surface area (Å²) in [5.41, 5.74) is 1.58. The van der Waals surface area contributed by atoms with Gasteiger partial charge in [0.25, 0.3) is 5.56 Å². The molecule has 1 aromatic heterocycles. The van der Waals surface area contributed by atoms with Gasteiger partial charge in [-0.25, -0.2) is 0 Å². The summed E-state index contributed by atoms with van der Waals surface area (Å²) in [5.74, 6) is -0.275. The van der Waals surface area contributed by atoms with Crippen molar-refractivity contribution in [1.29, 1.82) is 0 Å². The Hall–Kier alpha value is -2.44. The summed E-state index contributed by atoms with van der Waals surface area (Å²) < 4.78 is 1.36. The van der Waals surface area contributed by atoms with Crippen LogP contribution in [0.1, 0.15) is 30.0 Å². The Bertz CT molecular complexity index is 870. The molecule has 0 radical (unpaired) electrons. The molecule has 4 rings (SSSR count). The van der Waals surface area contributed by atoms with E-state index in [-0.39, 0.29) is 23.4 Å². The van der Waals surface area contributed by atoms with Crippen LogP contribution in [-0.4, -0.2) is 34.8 Å². The van der Waals surface area contributed by atoms with Gasteiger partial charge in [-0.3, -0.25) is 9.59 Å². The molecule has 3 N–H and O–H groups in total. The molecule has 0 saturated carbocycles. The van der Waals surface area contributed by atoms with Gasteiger partial charge in [0.2, 0.25) is 5.91 Å². The van der Waals surface area contributed by atoms with Gasteiger partial charge in [0.15, 0.2) is 0 Å². The second-order valence-corrected chi connectivity index (χ2v) is 7.15. The topological polar surface area (TPSA) is 83.4 Å². The van der Waals surface area contributed by atoms with E-state index in [1.807, 2.05) is 18.2 Å². The first-order chi connectivity index (χ1) is 12.6. The van der Waals surface area contributed by atoms with E-state index in [2.05, 4.69) is 16.7 Å². The minimum Gasteiger partial charge on any atom is -0.390 e. The number of hydrogen-bond donors (Lipinski definition) is 3. The molecular formula is C20H23N3O3. The molecule has 0 unspecified atom stereocenters. The molecule has 1 aliphatic heterocycles. The molecule has 6 nitrogen and oxygen atoms in total. The van der Waals surface area contributed by atoms with Gasteiger partial charge < -0.3 is 20.3 Å². The lowest BCUT2D eigenvalue weighted by Gasteiger charge is -2.38. The fourth-order valence-corrected chi connectivity index (χ4v) is 4.43. The quantitative estimate of drug-likeness (QED) is 0.759. The number of aliphatic hydroxyl groups is 1. The van der Waals surface area contributed by atoms with E-state index < -0.39 is 12.1 Å². The summed E-state index contributed by atoms with van der Waals surface area (Å²) >= 11 is 0. The van der Waals surface area contributed by atoms with Crippen LogP contribution < -0.4 is 16.2 Å². The molecule has 1 amide bonds. The van der Waals surface area contributed by atoms with E-state index in [1.165, 1.54) is 10.6 Å². The highest BCUT2D eigenvalue weighted by Crippen LogP contribution is 2.49. The van der Waals surface area contributed by atoms with Crippen LogP contribution >= 0.6 is 0 Å². The third kappa shape index (κ3) is 2.75. The number of nitrogens with zero attached hydrogens (tertiary/aromatic N) is 1. The van der Waals surface area contributed by atoms with Crippen molar-refractivity contribution in [2.75, 3.05) is 13.1 Å². The molecule has 1 aliphatic carbocycles. The Morgan fingerprint density at radius 3 is 2.69 bits per heavy atom. The first-order valence-electron chi connectivity index (χ1n) is 9.05. The van der Waals surface area contributed by atoms with Gasteiger partial charge in [0.1, 0.15) is 6.54 Å². The second-order valence-electron chi connectivity index (χ2n) is 7.15. The Kier molecular flexibility index (Phi) is 4.38. The number of fused-ring (bicyclic) bond motifs is 2. The minimum atomic E-state index is -0.668. The van der Waals surface area contributed by atoms with E-state index >= 15 is 0 Å². The number of nitrogens with one attached hydrogen (secondary N) is 2. The monoisotopic (exact) mass is 353 g/mol. The number of benzene rings is 1. The molecule has 1 saturated heterocycles. The van der Waals surface area contributed by atoms with Crippen molar-refractivity contribution >= 4 is 5.91 Å². The number of aromatic nitrogens is 1. The zero-order valence-electron chi connectivity index (χ0n) is 14.5. The highest BCUT2D eigenvalue weighted by atomic mass is 16.3. The first-order valence-corrected chi connectivity index (χ1v) is 9.05. The maximum Gasteiger partial charge on any atom is 0.250 e. The van der Waals surface area contributed by atoms with Crippen molar-refractivity contribution < 1.29 is 9.90 Å². The number of hydrogen-bond acceptors (Lipinski definition) is 4. The van der Waals surface area contributed by atoms with Crippen LogP contribution in [0.4, 0.5) is 0 Å². The standard InChI is InChI=1S/C20H23N3O3/c24-16(13-23-12-4-3-7-17(23)25)22-18-14-5-1-2-6-15(14)20(19(18)26)8-10-21-11-9-20/h1-7,12,18-19,21,26H,8-11,13H2,(H,22,24)/t18-,19+/m1/s1. The summed E-state index contributed by atoms with van der Waals surface area (Å²) in [6, 6.07) is 12.3. The Labute approximate surface area is 151 Å². The van der Waals surface area contributed by atoms with Crippen molar-refractivity contribution in [1.82, 2.24) is 15.2 Å². The number of carbonyl (C=O) groups is 1. The molecule has 6 heteroatoms. The van der Waals surface area contributed by atoms with Gasteiger partial charge in [0, 0.05) is 17.7 Å². The molecule has 1 fully saturated rings. The predicted molar refractivity (Wildman–Crippen MR) is 97.8 cm³/mol. The largest absolute Gasteiger partial charge is 0.390 e. The van der Waals surface area contributed by atoms with E-state index in [4.69, 9.17) is 0 Å². The molecule has 2 aliphatic rings. The van der Waals surface area contributed by atoms with Crippen molar-refractivity contribution in [2.24, 2.45) is 0 Å². The summed E-state index contributed by atoms with van der Waals surface area (Å²) in [6.07, 6.45) is 2.61. The van der Waals surface area contributed by atoms with E-state index in [1.54, 1.807) is 18.3 Å². The normalized spacial score (nSPS) is 23.6. The van der Waals surface area contributed by atoms with Gasteiger partial charge in [-0.15, -0.1) is 0 Å². The number of aliphatic hydroxyl groups excluding tert-OH is 1. The minimum absolute atomic E-state index is 0.0559. The van der Waals surface area contributed by atoms with E-state index in [0.717, 1.165) is 37.1 Å². The van der Waals surface area contributed by atoms with Crippen LogP contribution in [0.3, 0.4) is 0 Å². The Balaban J connectivity index is 1.60. The van der Waals surface area contributed by atoms with Crippen molar-refractivity contribution in [3.8, 4) is 0 Å². The summed E-state index contributed by atoms with van der Waals surface area (Å²) in [5, 5.41) is 17.5. The molecule has 0 bridgehead atoms. The number of piperidine rings is 1. The van der Waals surface area contributed by atoms with Gasteiger partial charge >= 0.3 is 0 Å². The third-order valence-corrected chi connectivity index (χ3v) is 5.74. The maximum atomic E-state index is 12.6. The highest BCUT2D eigenvalue weighted by molar-refractivity contribution is 5.76. The Morgan fingerprint density at radius 1 is 1.19 bits per heavy atom. The van der Waals surface area contributed by atoms with Crippen molar-refractivity contribution in [3.05, 3.63) is 70.1 Å². The van der Waals surface area contributed by atoms with Crippen LogP contribution in [-0.2, 0) is 16.8 Å². The molecule has 26 heavy (non-hydrogen) atoms. The zero-order valence-corrected chi connectivity index (χ0v) is 14.5. The lowest BCUT2D eigenvalue weighted by molar-refractivity contribution is -0.123. The highest BCUT2D eigenvalue weighted by Gasteiger charge is 2.52. The van der Waals surface area contributed by atoms with Crippen LogP contribution in [0.25, 0.3) is 0 Å². The molecule has 2 heterocycles. The van der Waals surface area contributed by atoms with Gasteiger partial charge in [0.05, 0.1) is 12.1 Å². The van der Waals surface area contributed by atoms with Crippen molar-refractivity contribution in [3.63, 3.8) is 0 Å². The lowest BCUT2D eigenvalue weighted by atomic mass is 9.72. The number of amides is 1. The fourth-order valence-electron chi connectivity index (χ4n) is 4.43. The number of rotatable bonds is 3. The lowest BCUT2D eigenvalue weighted by Crippen LogP contribution is -2.49. The molecule has 136 valence electrons. The van der Waals surface area contributed by atoms with Crippen LogP contribution in [0.5, 0.6) is 0 Å². The van der Waals surface area contributed by atoms with E-state index in [0.29, 0.717) is 0 Å². The molecule has 2 atom stereocenters. The summed E-state index contributed by atoms with van der Waals surface area (Å²) in [6.45, 7) is 1.65. The predicted octanol–water partition coefficient (Wildman–Crippen LogP) is 0.701. The number of pyridine rings is 1. The smallest absolute Gasteiger partial charge is 0.250 e. The third-order valence-electron chi connectivity index (χ3n) is 5.74. The Morgan fingerprint density at radius 2 is 1.92 bits per heavy atom. The molecule has 2 aromatic rings. The first kappa shape index (κ1) is 17.0. The van der Waals surface area contributed by atoms with Gasteiger partial charge in [-0.1, -0.05) is 30.3 Å². The average molecular weight is 353 g/mol. The van der Waals surface area contributed by atoms with Gasteiger partial charge in [-0.05, 0) is 43.1 Å². The summed E-state index contributed by atoms with van der Waals surface area (Å²) in [7, 11) is 0. The maximum absolute atomic E-state index is 12.6. The van der Waals surface area contributed by atoms with Crippen LogP contribution in [0.2, 0.25) is 0 Å². The van der Waals surface area contributed by atoms with Crippen LogP contribution in [0, 0.1) is 0 Å². The molecular weight excluding hydrogens is 330 g/mol. The number of carbonyl (C=O) groups excluding carboxylic acids is 1. The zero-order chi connectivity index (χ0) is 18.1. The SMILES string of the molecule is O=C(Cn1ccccc1=O)N[C@@H]1c2ccccc2C2(CCNCC2)[C@H]1O.